The van der Waals surface area contributed by atoms with Gasteiger partial charge in [0.1, 0.15) is 22.6 Å². The molecule has 0 spiro atoms. The highest BCUT2D eigenvalue weighted by Gasteiger charge is 2.22. The Morgan fingerprint density at radius 2 is 1.86 bits per heavy atom. The Bertz CT molecular complexity index is 1670. The van der Waals surface area contributed by atoms with Gasteiger partial charge in [-0.15, -0.1) is 0 Å². The summed E-state index contributed by atoms with van der Waals surface area (Å²) in [6.45, 7) is 1.55. The number of phenolic OH excluding ortho intramolecular Hbond substituents is 2. The highest BCUT2D eigenvalue weighted by Crippen LogP contribution is 2.40. The smallest absolute Gasteiger partial charge is 0.197 e. The number of hydrogen-bond acceptors (Lipinski definition) is 7. The van der Waals surface area contributed by atoms with Crippen molar-refractivity contribution in [2.24, 2.45) is 0 Å². The van der Waals surface area contributed by atoms with Crippen LogP contribution in [0.25, 0.3) is 38.9 Å². The zero-order valence-electron chi connectivity index (χ0n) is 19.5. The van der Waals surface area contributed by atoms with Crippen LogP contribution in [0.5, 0.6) is 11.5 Å². The van der Waals surface area contributed by atoms with Gasteiger partial charge in [0.2, 0.25) is 0 Å². The Balaban J connectivity index is 1.38. The van der Waals surface area contributed by atoms with E-state index in [1.807, 2.05) is 61.7 Å². The zero-order valence-corrected chi connectivity index (χ0v) is 20.3. The van der Waals surface area contributed by atoms with Crippen molar-refractivity contribution in [1.29, 1.82) is 0 Å². The number of hydrogen-bond donors (Lipinski definition) is 3. The largest absolute Gasteiger partial charge is 0.507 e. The van der Waals surface area contributed by atoms with Crippen LogP contribution in [0.1, 0.15) is 12.0 Å². The normalized spacial score (nSPS) is 14.4. The molecule has 0 radical (unpaired) electrons. The molecule has 180 valence electrons. The summed E-state index contributed by atoms with van der Waals surface area (Å²) in [6, 6.07) is 18.1. The molecule has 0 unspecified atom stereocenters. The van der Waals surface area contributed by atoms with Crippen molar-refractivity contribution in [2.45, 2.75) is 16.5 Å². The molecule has 3 aromatic carbocycles. The second kappa shape index (κ2) is 8.89. The number of imidazole rings is 1. The third-order valence-electron chi connectivity index (χ3n) is 6.41. The van der Waals surface area contributed by atoms with E-state index in [2.05, 4.69) is 14.9 Å². The molecule has 0 amide bonds. The highest BCUT2D eigenvalue weighted by molar-refractivity contribution is 7.99. The van der Waals surface area contributed by atoms with Gasteiger partial charge < -0.3 is 24.5 Å². The van der Waals surface area contributed by atoms with E-state index in [-0.39, 0.29) is 27.9 Å². The molecule has 0 saturated heterocycles. The van der Waals surface area contributed by atoms with Crippen LogP contribution in [0.4, 0.5) is 0 Å². The van der Waals surface area contributed by atoms with E-state index in [1.165, 1.54) is 23.9 Å². The van der Waals surface area contributed by atoms with Gasteiger partial charge in [-0.05, 0) is 43.3 Å². The van der Waals surface area contributed by atoms with E-state index in [9.17, 15) is 15.0 Å². The van der Waals surface area contributed by atoms with Gasteiger partial charge in [-0.2, -0.15) is 0 Å². The van der Waals surface area contributed by atoms with Crippen LogP contribution in [0.15, 0.2) is 86.0 Å². The molecule has 3 heterocycles. The van der Waals surface area contributed by atoms with Crippen LogP contribution in [0.2, 0.25) is 0 Å². The van der Waals surface area contributed by atoms with E-state index >= 15 is 0 Å². The van der Waals surface area contributed by atoms with Gasteiger partial charge in [-0.1, -0.05) is 42.1 Å². The minimum absolute atomic E-state index is 0.0726. The van der Waals surface area contributed by atoms with Crippen molar-refractivity contribution in [3.63, 3.8) is 0 Å². The summed E-state index contributed by atoms with van der Waals surface area (Å²) in [5.74, 6) is -0.0288. The maximum atomic E-state index is 13.0. The number of benzene rings is 3. The molecule has 0 fully saturated rings. The van der Waals surface area contributed by atoms with Crippen molar-refractivity contribution in [1.82, 2.24) is 14.9 Å². The number of fused-ring (bicyclic) bond motifs is 2. The molecule has 6 rings (SSSR count). The average molecular weight is 498 g/mol. The molecule has 2 aromatic heterocycles. The maximum Gasteiger partial charge on any atom is 0.197 e. The lowest BCUT2D eigenvalue weighted by atomic mass is 9.96. The Hall–Kier alpha value is -4.01. The van der Waals surface area contributed by atoms with Crippen LogP contribution in [-0.2, 0) is 0 Å². The molecule has 36 heavy (non-hydrogen) atoms. The lowest BCUT2D eigenvalue weighted by molar-refractivity contribution is 0.369. The predicted octanol–water partition coefficient (Wildman–Crippen LogP) is 5.62. The number of para-hydroxylation sites is 2. The van der Waals surface area contributed by atoms with Crippen LogP contribution in [0.3, 0.4) is 0 Å². The first-order valence-corrected chi connectivity index (χ1v) is 12.4. The number of rotatable bonds is 4. The summed E-state index contributed by atoms with van der Waals surface area (Å²) in [6.07, 6.45) is 2.72. The molecule has 8 heteroatoms. The van der Waals surface area contributed by atoms with Gasteiger partial charge in [0.25, 0.3) is 0 Å². The summed E-state index contributed by atoms with van der Waals surface area (Å²) < 4.78 is 6.20. The monoisotopic (exact) mass is 497 g/mol. The van der Waals surface area contributed by atoms with Gasteiger partial charge in [-0.3, -0.25) is 4.79 Å². The summed E-state index contributed by atoms with van der Waals surface area (Å²) in [5.41, 5.74) is 3.81. The van der Waals surface area contributed by atoms with Crippen LogP contribution in [0, 0.1) is 0 Å². The van der Waals surface area contributed by atoms with Crippen molar-refractivity contribution >= 4 is 39.3 Å². The van der Waals surface area contributed by atoms with Crippen LogP contribution in [-0.4, -0.2) is 45.2 Å². The summed E-state index contributed by atoms with van der Waals surface area (Å²) >= 11 is 1.51. The van der Waals surface area contributed by atoms with Gasteiger partial charge in [0, 0.05) is 35.7 Å². The molecule has 0 saturated carbocycles. The fourth-order valence-electron chi connectivity index (χ4n) is 4.53. The second-order valence-electron chi connectivity index (χ2n) is 8.90. The molecule has 5 aromatic rings. The van der Waals surface area contributed by atoms with E-state index in [4.69, 9.17) is 4.42 Å². The van der Waals surface area contributed by atoms with Gasteiger partial charge >= 0.3 is 0 Å². The van der Waals surface area contributed by atoms with E-state index < -0.39 is 0 Å². The molecule has 0 atom stereocenters. The van der Waals surface area contributed by atoms with Crippen molar-refractivity contribution in [3.8, 4) is 22.8 Å². The highest BCUT2D eigenvalue weighted by atomic mass is 32.2. The quantitative estimate of drug-likeness (QED) is 0.296. The Morgan fingerprint density at radius 3 is 2.61 bits per heavy atom. The molecular formula is C28H23N3O4S. The average Bonchev–Trinajstić information content (AvgIpc) is 3.27. The fraction of sp³-hybridized carbons (Fsp3) is 0.143. The van der Waals surface area contributed by atoms with Gasteiger partial charge in [0.05, 0.1) is 16.6 Å². The molecule has 0 aliphatic carbocycles. The molecular weight excluding hydrogens is 474 g/mol. The number of H-pyrrole nitrogens is 1. The number of phenols is 2. The summed E-state index contributed by atoms with van der Waals surface area (Å²) in [4.78, 5) is 24.1. The predicted molar refractivity (Wildman–Crippen MR) is 142 cm³/mol. The molecule has 7 nitrogen and oxygen atoms in total. The fourth-order valence-corrected chi connectivity index (χ4v) is 5.33. The van der Waals surface area contributed by atoms with Crippen molar-refractivity contribution in [2.75, 3.05) is 20.1 Å². The Morgan fingerprint density at radius 1 is 1.06 bits per heavy atom. The summed E-state index contributed by atoms with van der Waals surface area (Å²) in [7, 11) is 2.02. The molecule has 1 aliphatic rings. The number of likely N-dealkylation sites (N-methyl/N-ethyl adjacent to an activating group) is 1. The summed E-state index contributed by atoms with van der Waals surface area (Å²) in [5, 5.41) is 22.0. The number of aromatic nitrogens is 2. The topological polar surface area (TPSA) is 103 Å². The third-order valence-corrected chi connectivity index (χ3v) is 7.31. The first kappa shape index (κ1) is 22.5. The Labute approximate surface area is 210 Å². The lowest BCUT2D eigenvalue weighted by Gasteiger charge is -2.23. The van der Waals surface area contributed by atoms with Gasteiger partial charge in [0.15, 0.2) is 16.2 Å². The van der Waals surface area contributed by atoms with Crippen LogP contribution >= 0.6 is 11.8 Å². The lowest BCUT2D eigenvalue weighted by Crippen LogP contribution is -2.23. The minimum atomic E-state index is -0.362. The zero-order chi connectivity index (χ0) is 24.8. The molecule has 1 aliphatic heterocycles. The van der Waals surface area contributed by atoms with E-state index in [0.717, 1.165) is 39.7 Å². The minimum Gasteiger partial charge on any atom is -0.507 e. The first-order valence-electron chi connectivity index (χ1n) is 11.6. The third kappa shape index (κ3) is 4.04. The van der Waals surface area contributed by atoms with E-state index in [0.29, 0.717) is 23.3 Å². The molecule has 3 N–H and O–H groups in total. The number of aromatic amines is 1. The number of aromatic hydroxyl groups is 2. The van der Waals surface area contributed by atoms with E-state index in [1.54, 1.807) is 0 Å². The van der Waals surface area contributed by atoms with Gasteiger partial charge in [-0.25, -0.2) is 4.98 Å². The van der Waals surface area contributed by atoms with Crippen molar-refractivity contribution in [3.05, 3.63) is 82.5 Å². The second-order valence-corrected chi connectivity index (χ2v) is 9.96. The van der Waals surface area contributed by atoms with Crippen molar-refractivity contribution < 1.29 is 14.6 Å². The number of nitrogens with zero attached hydrogens (tertiary/aromatic N) is 2. The van der Waals surface area contributed by atoms with Crippen LogP contribution < -0.4 is 5.43 Å². The first-order chi connectivity index (χ1) is 17.5. The molecule has 0 bridgehead atoms. The SMILES string of the molecule is CN1CC=C(c2c(O)cc(O)c3c(=O)cc(-c4ccc(Sc5nc6ccccc6[nH]5)cc4)oc23)CC1. The standard InChI is InChI=1S/C28H23N3O4S/c1-31-12-10-17(11-13-31)25-21(32)14-22(33)26-23(34)15-24(35-27(25)26)16-6-8-18(9-7-16)36-28-29-19-4-2-3-5-20(19)30-28/h2-10,14-15,32-33H,11-13H2,1H3,(H,29,30). The number of nitrogens with one attached hydrogen (secondary N) is 1. The maximum absolute atomic E-state index is 13.0. The Kier molecular flexibility index (Phi) is 5.55.